The van der Waals surface area contributed by atoms with Gasteiger partial charge in [-0.1, -0.05) is 13.3 Å². The van der Waals surface area contributed by atoms with Gasteiger partial charge in [-0.25, -0.2) is 8.42 Å². The Balaban J connectivity index is 0.00000288. The lowest BCUT2D eigenvalue weighted by Gasteiger charge is -2.18. The fourth-order valence-electron chi connectivity index (χ4n) is 2.90. The number of aromatic nitrogens is 1. The maximum atomic E-state index is 12.1. The predicted molar refractivity (Wildman–Crippen MR) is 92.4 cm³/mol. The van der Waals surface area contributed by atoms with Gasteiger partial charge in [-0.2, -0.15) is 5.16 Å². The molecule has 8 nitrogen and oxygen atoms in total. The van der Waals surface area contributed by atoms with Crippen molar-refractivity contribution in [3.05, 3.63) is 22.2 Å². The summed E-state index contributed by atoms with van der Waals surface area (Å²) in [4.78, 5) is 25.2. The Morgan fingerprint density at radius 1 is 1.46 bits per heavy atom. The Hall–Kier alpha value is -1.32. The van der Waals surface area contributed by atoms with Crippen molar-refractivity contribution in [1.29, 1.82) is 0 Å². The molecule has 1 fully saturated rings. The second-order valence-electron chi connectivity index (χ2n) is 6.10. The topological polar surface area (TPSA) is 112 Å². The van der Waals surface area contributed by atoms with Crippen molar-refractivity contribution in [2.45, 2.75) is 25.8 Å². The Kier molecular flexibility index (Phi) is 7.50. The first kappa shape index (κ1) is 20.7. The van der Waals surface area contributed by atoms with Gasteiger partial charge in [0.1, 0.15) is 9.84 Å². The monoisotopic (exact) mass is 381 g/mol. The number of carbonyl (C=O) groups is 1. The SMILES string of the molecule is CCC[C@H]1CN(CCS(C)(=O)=O)C[C@@H]1NC(=O)c1cc(=O)[nH]o1.Cl. The fraction of sp³-hybridized carbons (Fsp3) is 0.714. The van der Waals surface area contributed by atoms with Gasteiger partial charge in [0.25, 0.3) is 11.5 Å². The lowest BCUT2D eigenvalue weighted by molar-refractivity contribution is 0.0891. The molecule has 2 rings (SSSR count). The molecule has 24 heavy (non-hydrogen) atoms. The normalized spacial score (nSPS) is 21.4. The van der Waals surface area contributed by atoms with Crippen LogP contribution in [0.15, 0.2) is 15.4 Å². The highest BCUT2D eigenvalue weighted by molar-refractivity contribution is 7.90. The maximum Gasteiger partial charge on any atom is 0.290 e. The maximum absolute atomic E-state index is 12.1. The van der Waals surface area contributed by atoms with Crippen LogP contribution in [0, 0.1) is 5.92 Å². The van der Waals surface area contributed by atoms with Gasteiger partial charge in [0.05, 0.1) is 11.8 Å². The molecule has 0 aliphatic carbocycles. The summed E-state index contributed by atoms with van der Waals surface area (Å²) < 4.78 is 27.4. The van der Waals surface area contributed by atoms with Crippen LogP contribution in [0.5, 0.6) is 0 Å². The quantitative estimate of drug-likeness (QED) is 0.700. The minimum absolute atomic E-state index is 0. The number of rotatable bonds is 7. The molecular formula is C14H24ClN3O5S. The zero-order valence-electron chi connectivity index (χ0n) is 13.8. The number of halogens is 1. The summed E-state index contributed by atoms with van der Waals surface area (Å²) in [5.74, 6) is -0.104. The first-order valence-corrected chi connectivity index (χ1v) is 9.74. The number of nitrogens with one attached hydrogen (secondary N) is 2. The van der Waals surface area contributed by atoms with Gasteiger partial charge < -0.3 is 9.84 Å². The molecule has 2 N–H and O–H groups in total. The molecule has 1 aliphatic rings. The smallest absolute Gasteiger partial charge is 0.290 e. The van der Waals surface area contributed by atoms with E-state index < -0.39 is 21.3 Å². The van der Waals surface area contributed by atoms with Crippen LogP contribution in [-0.4, -0.2) is 62.1 Å². The number of hydrogen-bond donors (Lipinski definition) is 2. The summed E-state index contributed by atoms with van der Waals surface area (Å²) in [6.45, 7) is 3.89. The molecule has 10 heteroatoms. The lowest BCUT2D eigenvalue weighted by Crippen LogP contribution is -2.40. The number of aromatic amines is 1. The molecule has 0 bridgehead atoms. The second kappa shape index (κ2) is 8.68. The van der Waals surface area contributed by atoms with E-state index in [1.165, 1.54) is 6.26 Å². The van der Waals surface area contributed by atoms with E-state index in [0.29, 0.717) is 13.1 Å². The van der Waals surface area contributed by atoms with Crippen molar-refractivity contribution < 1.29 is 17.7 Å². The molecule has 0 radical (unpaired) electrons. The van der Waals surface area contributed by atoms with Crippen LogP contribution in [0.2, 0.25) is 0 Å². The molecule has 0 saturated carbocycles. The minimum atomic E-state index is -3.00. The van der Waals surface area contributed by atoms with E-state index in [1.54, 1.807) is 0 Å². The fourth-order valence-corrected chi connectivity index (χ4v) is 3.49. The van der Waals surface area contributed by atoms with Crippen LogP contribution in [0.3, 0.4) is 0 Å². The van der Waals surface area contributed by atoms with Crippen LogP contribution in [0.1, 0.15) is 30.3 Å². The van der Waals surface area contributed by atoms with Crippen LogP contribution < -0.4 is 10.9 Å². The molecule has 1 aliphatic heterocycles. The van der Waals surface area contributed by atoms with E-state index in [0.717, 1.165) is 25.5 Å². The molecule has 1 aromatic heterocycles. The first-order chi connectivity index (χ1) is 10.8. The zero-order valence-corrected chi connectivity index (χ0v) is 15.4. The molecule has 2 atom stereocenters. The number of nitrogens with zero attached hydrogens (tertiary/aromatic N) is 1. The molecule has 0 aromatic carbocycles. The van der Waals surface area contributed by atoms with Crippen molar-refractivity contribution in [2.24, 2.45) is 5.92 Å². The highest BCUT2D eigenvalue weighted by Gasteiger charge is 2.33. The van der Waals surface area contributed by atoms with E-state index in [4.69, 9.17) is 4.52 Å². The zero-order chi connectivity index (χ0) is 17.0. The second-order valence-corrected chi connectivity index (χ2v) is 8.35. The molecular weight excluding hydrogens is 358 g/mol. The minimum Gasteiger partial charge on any atom is -0.373 e. The Morgan fingerprint density at radius 2 is 2.17 bits per heavy atom. The van der Waals surface area contributed by atoms with E-state index >= 15 is 0 Å². The van der Waals surface area contributed by atoms with Crippen molar-refractivity contribution in [1.82, 2.24) is 15.4 Å². The van der Waals surface area contributed by atoms with Gasteiger partial charge in [-0.3, -0.25) is 14.5 Å². The van der Waals surface area contributed by atoms with Gasteiger partial charge in [-0.05, 0) is 12.3 Å². The summed E-state index contributed by atoms with van der Waals surface area (Å²) in [6, 6.07) is 1.03. The molecule has 1 aromatic rings. The van der Waals surface area contributed by atoms with Crippen molar-refractivity contribution in [3.63, 3.8) is 0 Å². The van der Waals surface area contributed by atoms with Crippen LogP contribution in [-0.2, 0) is 9.84 Å². The lowest BCUT2D eigenvalue weighted by atomic mass is 9.98. The number of carbonyl (C=O) groups excluding carboxylic acids is 1. The third kappa shape index (κ3) is 5.95. The Labute approximate surface area is 147 Å². The summed E-state index contributed by atoms with van der Waals surface area (Å²) in [6.07, 6.45) is 3.15. The largest absolute Gasteiger partial charge is 0.373 e. The number of likely N-dealkylation sites (tertiary alicyclic amines) is 1. The van der Waals surface area contributed by atoms with Crippen molar-refractivity contribution in [3.8, 4) is 0 Å². The van der Waals surface area contributed by atoms with Crippen LogP contribution >= 0.6 is 12.4 Å². The standard InChI is InChI=1S/C14H23N3O5S.ClH/c1-3-4-10-8-17(5-6-23(2,20)21)9-11(10)15-14(19)12-7-13(18)16-22-12;/h7,10-11H,3-6,8-9H2,1-2H3,(H,15,19)(H,16,18);1H/t10-,11-;/m0./s1. The highest BCUT2D eigenvalue weighted by Crippen LogP contribution is 2.22. The summed E-state index contributed by atoms with van der Waals surface area (Å²) in [5.41, 5.74) is -0.457. The molecule has 1 saturated heterocycles. The van der Waals surface area contributed by atoms with Gasteiger partial charge in [0.2, 0.25) is 5.76 Å². The molecule has 138 valence electrons. The number of sulfone groups is 1. The molecule has 0 spiro atoms. The van der Waals surface area contributed by atoms with Gasteiger partial charge in [-0.15, -0.1) is 12.4 Å². The van der Waals surface area contributed by atoms with Gasteiger partial charge in [0, 0.05) is 31.9 Å². The predicted octanol–water partition coefficient (Wildman–Crippen LogP) is 0.265. The van der Waals surface area contributed by atoms with Gasteiger partial charge in [0.15, 0.2) is 0 Å². The summed E-state index contributed by atoms with van der Waals surface area (Å²) in [7, 11) is -3.00. The third-order valence-corrected chi connectivity index (χ3v) is 4.94. The molecule has 1 amide bonds. The van der Waals surface area contributed by atoms with Crippen LogP contribution in [0.25, 0.3) is 0 Å². The summed E-state index contributed by atoms with van der Waals surface area (Å²) in [5, 5.41) is 4.98. The van der Waals surface area contributed by atoms with Gasteiger partial charge >= 0.3 is 0 Å². The van der Waals surface area contributed by atoms with Crippen LogP contribution in [0.4, 0.5) is 0 Å². The number of H-pyrrole nitrogens is 1. The van der Waals surface area contributed by atoms with Crippen molar-refractivity contribution in [2.75, 3.05) is 31.6 Å². The molecule has 0 unspecified atom stereocenters. The van der Waals surface area contributed by atoms with E-state index in [-0.39, 0.29) is 35.9 Å². The molecule has 2 heterocycles. The Bertz CT molecular complexity index is 699. The van der Waals surface area contributed by atoms with E-state index in [1.807, 2.05) is 0 Å². The number of amides is 1. The van der Waals surface area contributed by atoms with E-state index in [2.05, 4.69) is 22.3 Å². The first-order valence-electron chi connectivity index (χ1n) is 7.68. The number of hydrogen-bond acceptors (Lipinski definition) is 6. The van der Waals surface area contributed by atoms with E-state index in [9.17, 15) is 18.0 Å². The third-order valence-electron chi connectivity index (χ3n) is 4.02. The highest BCUT2D eigenvalue weighted by atomic mass is 35.5. The average Bonchev–Trinajstić information content (AvgIpc) is 3.03. The summed E-state index contributed by atoms with van der Waals surface area (Å²) >= 11 is 0. The van der Waals surface area contributed by atoms with Crippen molar-refractivity contribution >= 4 is 28.2 Å². The Morgan fingerprint density at radius 3 is 2.71 bits per heavy atom. The average molecular weight is 382 g/mol.